The zero-order valence-electron chi connectivity index (χ0n) is 16.0. The first-order valence-electron chi connectivity index (χ1n) is 9.50. The molecule has 148 valence electrons. The quantitative estimate of drug-likeness (QED) is 0.677. The molecule has 7 heteroatoms. The zero-order valence-corrected chi connectivity index (χ0v) is 16.0. The largest absolute Gasteiger partial charge is 0.352 e. The van der Waals surface area contributed by atoms with Crippen LogP contribution in [0.2, 0.25) is 0 Å². The van der Waals surface area contributed by atoms with Gasteiger partial charge in [0.05, 0.1) is 17.8 Å². The molecule has 6 nitrogen and oxygen atoms in total. The smallest absolute Gasteiger partial charge is 0.255 e. The third-order valence-electron chi connectivity index (χ3n) is 4.69. The molecular weight excluding hydrogens is 371 g/mol. The molecular formula is C22H21FN4O2. The molecule has 3 aromatic rings. The van der Waals surface area contributed by atoms with Crippen LogP contribution >= 0.6 is 0 Å². The van der Waals surface area contributed by atoms with Crippen molar-refractivity contribution >= 4 is 11.8 Å². The van der Waals surface area contributed by atoms with Crippen LogP contribution in [0, 0.1) is 12.7 Å². The first-order chi connectivity index (χ1) is 14.0. The van der Waals surface area contributed by atoms with Crippen LogP contribution in [0.25, 0.3) is 16.9 Å². The summed E-state index contributed by atoms with van der Waals surface area (Å²) < 4.78 is 14.8. The molecule has 2 N–H and O–H groups in total. The molecule has 2 amide bonds. The number of aromatic nitrogens is 2. The maximum absolute atomic E-state index is 13.3. The minimum atomic E-state index is -0.388. The second-order valence-electron chi connectivity index (χ2n) is 7.21. The first-order valence-corrected chi connectivity index (χ1v) is 9.50. The van der Waals surface area contributed by atoms with Gasteiger partial charge in [0.2, 0.25) is 5.91 Å². The van der Waals surface area contributed by atoms with E-state index in [9.17, 15) is 14.0 Å². The van der Waals surface area contributed by atoms with E-state index in [2.05, 4.69) is 15.7 Å². The third kappa shape index (κ3) is 4.51. The Hall–Kier alpha value is -3.48. The summed E-state index contributed by atoms with van der Waals surface area (Å²) in [7, 11) is 0. The van der Waals surface area contributed by atoms with Crippen molar-refractivity contribution in [3.05, 3.63) is 71.7 Å². The Labute approximate surface area is 167 Å². The lowest BCUT2D eigenvalue weighted by atomic mass is 10.1. The van der Waals surface area contributed by atoms with Gasteiger partial charge in [0.1, 0.15) is 11.5 Å². The molecule has 1 heterocycles. The second-order valence-corrected chi connectivity index (χ2v) is 7.21. The molecule has 1 fully saturated rings. The summed E-state index contributed by atoms with van der Waals surface area (Å²) in [6, 6.07) is 13.8. The van der Waals surface area contributed by atoms with E-state index >= 15 is 0 Å². The number of nitrogens with zero attached hydrogens (tertiary/aromatic N) is 2. The Kier molecular flexibility index (Phi) is 5.12. The summed E-state index contributed by atoms with van der Waals surface area (Å²) in [5.74, 6) is -0.941. The molecule has 1 aliphatic carbocycles. The first kappa shape index (κ1) is 18.9. The molecule has 0 aliphatic heterocycles. The number of rotatable bonds is 6. The van der Waals surface area contributed by atoms with Gasteiger partial charge in [-0.05, 0) is 50.1 Å². The van der Waals surface area contributed by atoms with Crippen LogP contribution in [0.15, 0.2) is 54.7 Å². The Morgan fingerprint density at radius 1 is 1.17 bits per heavy atom. The number of halogens is 1. The summed E-state index contributed by atoms with van der Waals surface area (Å²) in [6.07, 6.45) is 3.57. The van der Waals surface area contributed by atoms with Crippen LogP contribution in [-0.2, 0) is 4.79 Å². The number of hydrogen-bond acceptors (Lipinski definition) is 3. The fourth-order valence-corrected chi connectivity index (χ4v) is 3.03. The summed E-state index contributed by atoms with van der Waals surface area (Å²) >= 11 is 0. The lowest BCUT2D eigenvalue weighted by Gasteiger charge is -2.06. The van der Waals surface area contributed by atoms with Gasteiger partial charge in [0.15, 0.2) is 0 Å². The standard InChI is InChI=1S/C22H21FN4O2/c1-14-3-2-4-15(11-14)21-19(22(29)24-12-20(28)25-17-7-8-17)13-27(26-21)18-9-5-16(23)6-10-18/h2-6,9-11,13,17H,7-8,12H2,1H3,(H,24,29)(H,25,28). The normalized spacial score (nSPS) is 13.2. The van der Waals surface area contributed by atoms with Gasteiger partial charge >= 0.3 is 0 Å². The Morgan fingerprint density at radius 3 is 2.62 bits per heavy atom. The molecule has 0 atom stereocenters. The molecule has 0 radical (unpaired) electrons. The number of nitrogens with one attached hydrogen (secondary N) is 2. The number of carbonyl (C=O) groups is 2. The van der Waals surface area contributed by atoms with Crippen molar-refractivity contribution in [3.8, 4) is 16.9 Å². The Morgan fingerprint density at radius 2 is 1.93 bits per heavy atom. The van der Waals surface area contributed by atoms with Gasteiger partial charge in [-0.25, -0.2) is 9.07 Å². The molecule has 2 aromatic carbocycles. The van der Waals surface area contributed by atoms with E-state index in [-0.39, 0.29) is 30.2 Å². The van der Waals surface area contributed by atoms with E-state index in [4.69, 9.17) is 0 Å². The highest BCUT2D eigenvalue weighted by molar-refractivity contribution is 6.01. The molecule has 29 heavy (non-hydrogen) atoms. The number of carbonyl (C=O) groups excluding carboxylic acids is 2. The SMILES string of the molecule is Cc1cccc(-c2nn(-c3ccc(F)cc3)cc2C(=O)NCC(=O)NC2CC2)c1. The van der Waals surface area contributed by atoms with Crippen molar-refractivity contribution < 1.29 is 14.0 Å². The van der Waals surface area contributed by atoms with Crippen LogP contribution < -0.4 is 10.6 Å². The second kappa shape index (κ2) is 7.87. The molecule has 0 saturated heterocycles. The fourth-order valence-electron chi connectivity index (χ4n) is 3.03. The van der Waals surface area contributed by atoms with E-state index in [1.807, 2.05) is 31.2 Å². The van der Waals surface area contributed by atoms with Gasteiger partial charge in [0.25, 0.3) is 5.91 Å². The topological polar surface area (TPSA) is 76.0 Å². The monoisotopic (exact) mass is 392 g/mol. The number of aryl methyl sites for hydroxylation is 1. The van der Waals surface area contributed by atoms with Crippen molar-refractivity contribution in [1.82, 2.24) is 20.4 Å². The predicted molar refractivity (Wildman–Crippen MR) is 107 cm³/mol. The molecule has 0 spiro atoms. The molecule has 1 aromatic heterocycles. The van der Waals surface area contributed by atoms with Gasteiger partial charge in [0, 0.05) is 17.8 Å². The lowest BCUT2D eigenvalue weighted by molar-refractivity contribution is -0.120. The Bertz CT molecular complexity index is 1050. The third-order valence-corrected chi connectivity index (χ3v) is 4.69. The van der Waals surface area contributed by atoms with Crippen LogP contribution in [0.1, 0.15) is 28.8 Å². The van der Waals surface area contributed by atoms with Gasteiger partial charge < -0.3 is 10.6 Å². The maximum atomic E-state index is 13.3. The van der Waals surface area contributed by atoms with Gasteiger partial charge in [-0.15, -0.1) is 0 Å². The molecule has 1 aliphatic rings. The Balaban J connectivity index is 1.63. The highest BCUT2D eigenvalue weighted by Crippen LogP contribution is 2.25. The fraction of sp³-hybridized carbons (Fsp3) is 0.227. The molecule has 0 bridgehead atoms. The molecule has 1 saturated carbocycles. The van der Waals surface area contributed by atoms with Crippen molar-refractivity contribution in [3.63, 3.8) is 0 Å². The minimum Gasteiger partial charge on any atom is -0.352 e. The highest BCUT2D eigenvalue weighted by atomic mass is 19.1. The maximum Gasteiger partial charge on any atom is 0.255 e. The predicted octanol–water partition coefficient (Wildman–Crippen LogP) is 3.00. The molecule has 4 rings (SSSR count). The van der Waals surface area contributed by atoms with Crippen LogP contribution in [-0.4, -0.2) is 34.2 Å². The number of benzene rings is 2. The van der Waals surface area contributed by atoms with Crippen LogP contribution in [0.4, 0.5) is 4.39 Å². The lowest BCUT2D eigenvalue weighted by Crippen LogP contribution is -2.37. The zero-order chi connectivity index (χ0) is 20.4. The highest BCUT2D eigenvalue weighted by Gasteiger charge is 2.24. The van der Waals surface area contributed by atoms with Crippen LogP contribution in [0.5, 0.6) is 0 Å². The van der Waals surface area contributed by atoms with Crippen molar-refractivity contribution in [2.24, 2.45) is 0 Å². The van der Waals surface area contributed by atoms with Gasteiger partial charge in [-0.1, -0.05) is 23.8 Å². The van der Waals surface area contributed by atoms with E-state index in [0.29, 0.717) is 16.9 Å². The minimum absolute atomic E-state index is 0.0929. The van der Waals surface area contributed by atoms with E-state index in [0.717, 1.165) is 24.0 Å². The van der Waals surface area contributed by atoms with Crippen LogP contribution in [0.3, 0.4) is 0 Å². The summed E-state index contributed by atoms with van der Waals surface area (Å²) in [6.45, 7) is 1.87. The van der Waals surface area contributed by atoms with E-state index in [1.165, 1.54) is 16.8 Å². The van der Waals surface area contributed by atoms with E-state index in [1.54, 1.807) is 18.3 Å². The number of amides is 2. The summed E-state index contributed by atoms with van der Waals surface area (Å²) in [5, 5.41) is 10.1. The van der Waals surface area contributed by atoms with Crippen molar-refractivity contribution in [1.29, 1.82) is 0 Å². The van der Waals surface area contributed by atoms with E-state index < -0.39 is 0 Å². The number of hydrogen-bond donors (Lipinski definition) is 2. The van der Waals surface area contributed by atoms with Gasteiger partial charge in [-0.3, -0.25) is 9.59 Å². The van der Waals surface area contributed by atoms with Crippen molar-refractivity contribution in [2.75, 3.05) is 6.54 Å². The average Bonchev–Trinajstić information content (AvgIpc) is 3.40. The van der Waals surface area contributed by atoms with Gasteiger partial charge in [-0.2, -0.15) is 5.10 Å². The van der Waals surface area contributed by atoms with Crippen molar-refractivity contribution in [2.45, 2.75) is 25.8 Å². The average molecular weight is 392 g/mol. The summed E-state index contributed by atoms with van der Waals surface area (Å²) in [4.78, 5) is 24.7. The molecule has 0 unspecified atom stereocenters. The summed E-state index contributed by atoms with van der Waals surface area (Å²) in [5.41, 5.74) is 3.30.